The summed E-state index contributed by atoms with van der Waals surface area (Å²) in [7, 11) is 1.87. The molecule has 0 bridgehead atoms. The van der Waals surface area contributed by atoms with Gasteiger partial charge in [-0.05, 0) is 30.8 Å². The van der Waals surface area contributed by atoms with E-state index in [1.807, 2.05) is 7.05 Å². The number of para-hydroxylation sites is 1. The summed E-state index contributed by atoms with van der Waals surface area (Å²) in [6, 6.07) is 6.22. The first kappa shape index (κ1) is 12.1. The number of aromatic nitrogens is 5. The molecule has 0 unspecified atom stereocenters. The third kappa shape index (κ3) is 2.19. The molecule has 19 heavy (non-hydrogen) atoms. The van der Waals surface area contributed by atoms with Gasteiger partial charge in [0.1, 0.15) is 6.33 Å². The van der Waals surface area contributed by atoms with Crippen LogP contribution in [-0.4, -0.2) is 24.3 Å². The summed E-state index contributed by atoms with van der Waals surface area (Å²) in [5, 5.41) is 4.29. The average molecular weight is 273 g/mol. The van der Waals surface area contributed by atoms with Gasteiger partial charge >= 0.3 is 0 Å². The number of benzene rings is 1. The molecule has 6 heteroatoms. The Labute approximate surface area is 115 Å². The molecule has 0 spiro atoms. The number of hydrogen-bond acceptors (Lipinski definition) is 3. The van der Waals surface area contributed by atoms with Crippen LogP contribution < -0.4 is 0 Å². The molecule has 3 rings (SSSR count). The predicted molar refractivity (Wildman–Crippen MR) is 76.6 cm³/mol. The van der Waals surface area contributed by atoms with Gasteiger partial charge in [-0.1, -0.05) is 12.1 Å². The van der Waals surface area contributed by atoms with Crippen molar-refractivity contribution in [1.29, 1.82) is 0 Å². The Morgan fingerprint density at radius 3 is 2.95 bits per heavy atom. The van der Waals surface area contributed by atoms with Gasteiger partial charge in [0.15, 0.2) is 10.6 Å². The van der Waals surface area contributed by atoms with Crippen LogP contribution in [-0.2, 0) is 20.0 Å². The highest BCUT2D eigenvalue weighted by molar-refractivity contribution is 7.71. The van der Waals surface area contributed by atoms with Crippen LogP contribution in [0.25, 0.3) is 11.0 Å². The molecule has 3 aromatic rings. The minimum Gasteiger partial charge on any atom is -0.330 e. The first-order valence-corrected chi connectivity index (χ1v) is 6.58. The molecule has 0 fully saturated rings. The SMILES string of the molecule is Cc1cccc2c1[nH]c(=S)n2CCc1ncn(C)n1. The molecule has 1 N–H and O–H groups in total. The summed E-state index contributed by atoms with van der Waals surface area (Å²) in [4.78, 5) is 7.51. The molecule has 0 saturated heterocycles. The fourth-order valence-corrected chi connectivity index (χ4v) is 2.55. The Hall–Kier alpha value is -1.95. The standard InChI is InChI=1S/C13H15N5S/c1-9-4-3-5-10-12(9)15-13(19)18(10)7-6-11-14-8-17(2)16-11/h3-5,8H,6-7H2,1-2H3,(H,15,19). The highest BCUT2D eigenvalue weighted by atomic mass is 32.1. The first-order valence-electron chi connectivity index (χ1n) is 6.18. The van der Waals surface area contributed by atoms with E-state index in [4.69, 9.17) is 12.2 Å². The summed E-state index contributed by atoms with van der Waals surface area (Å²) in [5.74, 6) is 0.839. The lowest BCUT2D eigenvalue weighted by atomic mass is 10.2. The van der Waals surface area contributed by atoms with Gasteiger partial charge in [-0.3, -0.25) is 4.68 Å². The van der Waals surface area contributed by atoms with E-state index in [-0.39, 0.29) is 0 Å². The molecule has 5 nitrogen and oxygen atoms in total. The lowest BCUT2D eigenvalue weighted by Crippen LogP contribution is -2.03. The molecular formula is C13H15N5S. The first-order chi connectivity index (χ1) is 9.15. The van der Waals surface area contributed by atoms with Crippen molar-refractivity contribution in [2.24, 2.45) is 7.05 Å². The lowest BCUT2D eigenvalue weighted by molar-refractivity contribution is 0.666. The summed E-state index contributed by atoms with van der Waals surface area (Å²) in [6.07, 6.45) is 2.49. The van der Waals surface area contributed by atoms with E-state index in [1.165, 1.54) is 5.56 Å². The van der Waals surface area contributed by atoms with Crippen molar-refractivity contribution in [1.82, 2.24) is 24.3 Å². The van der Waals surface area contributed by atoms with Crippen LogP contribution in [0.15, 0.2) is 24.5 Å². The number of imidazole rings is 1. The van der Waals surface area contributed by atoms with E-state index in [2.05, 4.69) is 44.8 Å². The number of aryl methyl sites for hydroxylation is 4. The van der Waals surface area contributed by atoms with Gasteiger partial charge in [-0.15, -0.1) is 0 Å². The highest BCUT2D eigenvalue weighted by Crippen LogP contribution is 2.18. The summed E-state index contributed by atoms with van der Waals surface area (Å²) >= 11 is 5.39. The van der Waals surface area contributed by atoms with Crippen molar-refractivity contribution < 1.29 is 0 Å². The molecule has 1 aromatic carbocycles. The van der Waals surface area contributed by atoms with Gasteiger partial charge < -0.3 is 9.55 Å². The third-order valence-corrected chi connectivity index (χ3v) is 3.55. The molecule has 0 aliphatic rings. The number of nitrogens with one attached hydrogen (secondary N) is 1. The van der Waals surface area contributed by atoms with Crippen molar-refractivity contribution in [3.8, 4) is 0 Å². The van der Waals surface area contributed by atoms with E-state index in [1.54, 1.807) is 11.0 Å². The number of aromatic amines is 1. The van der Waals surface area contributed by atoms with E-state index in [0.29, 0.717) is 0 Å². The van der Waals surface area contributed by atoms with Gasteiger partial charge in [-0.25, -0.2) is 4.98 Å². The number of H-pyrrole nitrogens is 1. The van der Waals surface area contributed by atoms with Crippen molar-refractivity contribution in [2.75, 3.05) is 0 Å². The maximum atomic E-state index is 5.39. The molecule has 2 aromatic heterocycles. The molecule has 2 heterocycles. The number of rotatable bonds is 3. The average Bonchev–Trinajstić information content (AvgIpc) is 2.92. The van der Waals surface area contributed by atoms with Crippen molar-refractivity contribution >= 4 is 23.3 Å². The second-order valence-electron chi connectivity index (χ2n) is 4.64. The lowest BCUT2D eigenvalue weighted by Gasteiger charge is -2.02. The van der Waals surface area contributed by atoms with Crippen molar-refractivity contribution in [3.63, 3.8) is 0 Å². The van der Waals surface area contributed by atoms with E-state index in [0.717, 1.165) is 34.6 Å². The van der Waals surface area contributed by atoms with Crippen LogP contribution in [0.4, 0.5) is 0 Å². The number of hydrogen-bond donors (Lipinski definition) is 1. The van der Waals surface area contributed by atoms with E-state index >= 15 is 0 Å². The second kappa shape index (κ2) is 4.62. The van der Waals surface area contributed by atoms with Gasteiger partial charge in [0.05, 0.1) is 11.0 Å². The Morgan fingerprint density at radius 1 is 1.37 bits per heavy atom. The van der Waals surface area contributed by atoms with Crippen LogP contribution >= 0.6 is 12.2 Å². The second-order valence-corrected chi connectivity index (χ2v) is 5.02. The summed E-state index contributed by atoms with van der Waals surface area (Å²) < 4.78 is 4.57. The fraction of sp³-hybridized carbons (Fsp3) is 0.308. The number of fused-ring (bicyclic) bond motifs is 1. The molecule has 0 aliphatic carbocycles. The smallest absolute Gasteiger partial charge is 0.178 e. The maximum Gasteiger partial charge on any atom is 0.178 e. The molecule has 0 saturated carbocycles. The minimum atomic E-state index is 0.750. The van der Waals surface area contributed by atoms with Gasteiger partial charge in [0, 0.05) is 20.0 Å². The molecule has 0 amide bonds. The quantitative estimate of drug-likeness (QED) is 0.745. The predicted octanol–water partition coefficient (Wildman–Crippen LogP) is 2.38. The van der Waals surface area contributed by atoms with Crippen LogP contribution in [0.5, 0.6) is 0 Å². The number of nitrogens with zero attached hydrogens (tertiary/aromatic N) is 4. The zero-order valence-corrected chi connectivity index (χ0v) is 11.7. The fourth-order valence-electron chi connectivity index (χ4n) is 2.26. The molecule has 0 atom stereocenters. The maximum absolute atomic E-state index is 5.39. The largest absolute Gasteiger partial charge is 0.330 e. The molecule has 0 radical (unpaired) electrons. The Balaban J connectivity index is 1.95. The van der Waals surface area contributed by atoms with Crippen LogP contribution in [0.3, 0.4) is 0 Å². The zero-order valence-electron chi connectivity index (χ0n) is 10.9. The van der Waals surface area contributed by atoms with Crippen LogP contribution in [0, 0.1) is 11.7 Å². The van der Waals surface area contributed by atoms with E-state index in [9.17, 15) is 0 Å². The monoisotopic (exact) mass is 273 g/mol. The van der Waals surface area contributed by atoms with Crippen molar-refractivity contribution in [3.05, 3.63) is 40.7 Å². The highest BCUT2D eigenvalue weighted by Gasteiger charge is 2.07. The van der Waals surface area contributed by atoms with Gasteiger partial charge in [0.25, 0.3) is 0 Å². The molecular weight excluding hydrogens is 258 g/mol. The minimum absolute atomic E-state index is 0.750. The third-order valence-electron chi connectivity index (χ3n) is 3.22. The van der Waals surface area contributed by atoms with Crippen LogP contribution in [0.2, 0.25) is 0 Å². The summed E-state index contributed by atoms with van der Waals surface area (Å²) in [5.41, 5.74) is 3.46. The topological polar surface area (TPSA) is 51.4 Å². The van der Waals surface area contributed by atoms with Gasteiger partial charge in [0.2, 0.25) is 0 Å². The Kier molecular flexibility index (Phi) is 2.94. The molecule has 0 aliphatic heterocycles. The summed E-state index contributed by atoms with van der Waals surface area (Å²) in [6.45, 7) is 2.87. The van der Waals surface area contributed by atoms with Crippen molar-refractivity contribution in [2.45, 2.75) is 19.9 Å². The molecule has 98 valence electrons. The van der Waals surface area contributed by atoms with Crippen LogP contribution in [0.1, 0.15) is 11.4 Å². The zero-order chi connectivity index (χ0) is 13.4. The Bertz CT molecular complexity index is 780. The normalized spacial score (nSPS) is 11.3. The van der Waals surface area contributed by atoms with E-state index < -0.39 is 0 Å². The Morgan fingerprint density at radius 2 is 2.21 bits per heavy atom. The van der Waals surface area contributed by atoms with Gasteiger partial charge in [-0.2, -0.15) is 5.10 Å².